The van der Waals surface area contributed by atoms with Crippen LogP contribution in [-0.4, -0.2) is 15.4 Å². The van der Waals surface area contributed by atoms with Crippen molar-refractivity contribution in [3.05, 3.63) is 71.1 Å². The third kappa shape index (κ3) is 3.82. The van der Waals surface area contributed by atoms with Gasteiger partial charge in [0.1, 0.15) is 22.5 Å². The number of benzene rings is 2. The minimum Gasteiger partial charge on any atom is -0.588 e. The van der Waals surface area contributed by atoms with E-state index in [4.69, 9.17) is 4.42 Å². The van der Waals surface area contributed by atoms with Gasteiger partial charge in [-0.15, -0.1) is 0 Å². The van der Waals surface area contributed by atoms with Gasteiger partial charge in [-0.3, -0.25) is 4.79 Å². The van der Waals surface area contributed by atoms with Gasteiger partial charge >= 0.3 is 12.1 Å². The second kappa shape index (κ2) is 7.53. The maximum Gasteiger partial charge on any atom is 0.417 e. The molecule has 0 radical (unpaired) electrons. The summed E-state index contributed by atoms with van der Waals surface area (Å²) < 4.78 is 61.5. The Bertz CT molecular complexity index is 1360. The summed E-state index contributed by atoms with van der Waals surface area (Å²) in [6.07, 6.45) is -2.93. The van der Waals surface area contributed by atoms with Crippen LogP contribution in [0.3, 0.4) is 0 Å². The van der Waals surface area contributed by atoms with Gasteiger partial charge in [0, 0.05) is 16.5 Å². The van der Waals surface area contributed by atoms with E-state index in [-0.39, 0.29) is 22.6 Å². The molecule has 1 fully saturated rings. The average Bonchev–Trinajstić information content (AvgIpc) is 3.50. The number of nitrogens with zero attached hydrogens (tertiary/aromatic N) is 1. The van der Waals surface area contributed by atoms with E-state index in [0.29, 0.717) is 16.0 Å². The molecule has 32 heavy (non-hydrogen) atoms. The summed E-state index contributed by atoms with van der Waals surface area (Å²) in [5.74, 6) is -1.13. The van der Waals surface area contributed by atoms with Crippen LogP contribution >= 0.6 is 0 Å². The molecule has 1 saturated carbocycles. The second-order valence-electron chi connectivity index (χ2n) is 7.84. The number of alkyl halides is 3. The molecule has 1 unspecified atom stereocenters. The molecule has 0 bridgehead atoms. The Labute approximate surface area is 183 Å². The largest absolute Gasteiger partial charge is 0.588 e. The number of hydrogen-bond donors (Lipinski definition) is 1. The Balaban J connectivity index is 1.48. The molecule has 0 aliphatic heterocycles. The highest BCUT2D eigenvalue weighted by Gasteiger charge is 2.36. The Kier molecular flexibility index (Phi) is 4.90. The monoisotopic (exact) mass is 458 g/mol. The van der Waals surface area contributed by atoms with Crippen molar-refractivity contribution in [2.24, 2.45) is 0 Å². The van der Waals surface area contributed by atoms with Gasteiger partial charge in [0.2, 0.25) is 4.90 Å². The van der Waals surface area contributed by atoms with Crippen molar-refractivity contribution < 1.29 is 26.9 Å². The lowest BCUT2D eigenvalue weighted by atomic mass is 10.0. The first kappa shape index (κ1) is 20.8. The molecule has 9 heteroatoms. The number of aryl methyl sites for hydroxylation is 1. The zero-order valence-electron chi connectivity index (χ0n) is 16.8. The summed E-state index contributed by atoms with van der Waals surface area (Å²) in [5.41, 5.74) is 0.891. The molecule has 1 aliphatic carbocycles. The molecule has 0 spiro atoms. The summed E-state index contributed by atoms with van der Waals surface area (Å²) >= 11 is -1.99. The Morgan fingerprint density at radius 1 is 1.19 bits per heavy atom. The summed E-state index contributed by atoms with van der Waals surface area (Å²) in [6.45, 7) is 1.79. The van der Waals surface area contributed by atoms with E-state index in [9.17, 15) is 22.5 Å². The van der Waals surface area contributed by atoms with Crippen LogP contribution in [0.5, 0.6) is 0 Å². The van der Waals surface area contributed by atoms with Gasteiger partial charge in [0.25, 0.3) is 0 Å². The zero-order chi connectivity index (χ0) is 22.6. The van der Waals surface area contributed by atoms with Gasteiger partial charge in [-0.2, -0.15) is 17.9 Å². The molecule has 4 aromatic rings. The van der Waals surface area contributed by atoms with E-state index in [1.807, 2.05) is 12.1 Å². The van der Waals surface area contributed by atoms with Crippen molar-refractivity contribution in [3.63, 3.8) is 0 Å². The Hall–Kier alpha value is -3.04. The van der Waals surface area contributed by atoms with Crippen LogP contribution in [0, 0.1) is 6.92 Å². The van der Waals surface area contributed by atoms with Crippen molar-refractivity contribution in [1.29, 1.82) is 0 Å². The molecule has 1 amide bonds. The van der Waals surface area contributed by atoms with Gasteiger partial charge in [0.15, 0.2) is 5.76 Å². The lowest BCUT2D eigenvalue weighted by molar-refractivity contribution is -0.136. The number of pyridine rings is 1. The van der Waals surface area contributed by atoms with E-state index >= 15 is 0 Å². The molecule has 164 valence electrons. The molecule has 5 rings (SSSR count). The highest BCUT2D eigenvalue weighted by molar-refractivity contribution is 7.90. The van der Waals surface area contributed by atoms with E-state index < -0.39 is 29.0 Å². The minimum absolute atomic E-state index is 0.0138. The lowest BCUT2D eigenvalue weighted by Gasteiger charge is -2.11. The lowest BCUT2D eigenvalue weighted by Crippen LogP contribution is -2.30. The van der Waals surface area contributed by atoms with Crippen LogP contribution in [0.15, 0.2) is 57.8 Å². The first-order chi connectivity index (χ1) is 15.2. The maximum absolute atomic E-state index is 13.6. The van der Waals surface area contributed by atoms with Crippen molar-refractivity contribution >= 4 is 39.1 Å². The Morgan fingerprint density at radius 2 is 1.97 bits per heavy atom. The molecule has 2 heterocycles. The van der Waals surface area contributed by atoms with Crippen LogP contribution in [0.4, 0.5) is 13.2 Å². The number of halogens is 3. The van der Waals surface area contributed by atoms with Crippen LogP contribution in [0.2, 0.25) is 0 Å². The number of carbonyl (C=O) groups excluding carboxylic acids is 1. The highest BCUT2D eigenvalue weighted by Crippen LogP contribution is 2.45. The van der Waals surface area contributed by atoms with Crippen molar-refractivity contribution in [2.75, 3.05) is 0 Å². The van der Waals surface area contributed by atoms with Gasteiger partial charge in [-0.25, -0.2) is 4.98 Å². The normalized spacial score (nSPS) is 15.3. The van der Waals surface area contributed by atoms with Crippen molar-refractivity contribution in [3.8, 4) is 0 Å². The second-order valence-corrected chi connectivity index (χ2v) is 9.02. The summed E-state index contributed by atoms with van der Waals surface area (Å²) in [7, 11) is 0. The van der Waals surface area contributed by atoms with Crippen molar-refractivity contribution in [1.82, 2.24) is 9.71 Å². The van der Waals surface area contributed by atoms with Gasteiger partial charge in [-0.05, 0) is 61.6 Å². The number of para-hydroxylation sites is 1. The predicted octanol–water partition coefficient (Wildman–Crippen LogP) is 5.64. The van der Waals surface area contributed by atoms with Crippen LogP contribution in [-0.2, 0) is 17.5 Å². The minimum atomic E-state index is -4.59. The number of furan rings is 1. The third-order valence-electron chi connectivity index (χ3n) is 5.45. The zero-order valence-corrected chi connectivity index (χ0v) is 17.6. The molecule has 5 nitrogen and oxygen atoms in total. The molecule has 2 aromatic heterocycles. The first-order valence-electron chi connectivity index (χ1n) is 9.94. The fourth-order valence-electron chi connectivity index (χ4n) is 3.72. The van der Waals surface area contributed by atoms with Crippen LogP contribution < -0.4 is 4.72 Å². The van der Waals surface area contributed by atoms with E-state index in [1.165, 1.54) is 0 Å². The fraction of sp³-hybridized carbons (Fsp3) is 0.217. The number of amides is 1. The number of hydrogen-bond acceptors (Lipinski definition) is 4. The number of aromatic nitrogens is 1. The summed E-state index contributed by atoms with van der Waals surface area (Å²) in [6, 6.07) is 12.4. The number of fused-ring (bicyclic) bond motifs is 2. The summed E-state index contributed by atoms with van der Waals surface area (Å²) in [5, 5.41) is 0.558. The van der Waals surface area contributed by atoms with E-state index in [2.05, 4.69) is 9.71 Å². The number of carbonyl (C=O) groups is 1. The van der Waals surface area contributed by atoms with E-state index in [1.54, 1.807) is 31.2 Å². The smallest absolute Gasteiger partial charge is 0.417 e. The Morgan fingerprint density at radius 3 is 2.69 bits per heavy atom. The van der Waals surface area contributed by atoms with Crippen molar-refractivity contribution in [2.45, 2.75) is 36.8 Å². The van der Waals surface area contributed by atoms with Crippen LogP contribution in [0.25, 0.3) is 21.9 Å². The summed E-state index contributed by atoms with van der Waals surface area (Å²) in [4.78, 5) is 17.4. The number of rotatable bonds is 4. The molecular weight excluding hydrogens is 441 g/mol. The van der Waals surface area contributed by atoms with Gasteiger partial charge < -0.3 is 8.97 Å². The SMILES string of the molecule is Cc1ccc2cccc([S+]([O-])NC(=O)c3cc4c(C(F)(F)F)cc(C5CC5)cc4o3)c2n1. The molecular formula is C23H17F3N2O3S. The molecule has 0 saturated heterocycles. The topological polar surface area (TPSA) is 78.2 Å². The average molecular weight is 458 g/mol. The van der Waals surface area contributed by atoms with Gasteiger partial charge in [0.05, 0.1) is 5.56 Å². The quantitative estimate of drug-likeness (QED) is 0.402. The fourth-order valence-corrected chi connectivity index (χ4v) is 4.64. The van der Waals surface area contributed by atoms with Crippen LogP contribution in [0.1, 0.15) is 46.1 Å². The van der Waals surface area contributed by atoms with E-state index in [0.717, 1.165) is 36.1 Å². The third-order valence-corrected chi connectivity index (χ3v) is 6.54. The predicted molar refractivity (Wildman–Crippen MR) is 114 cm³/mol. The highest BCUT2D eigenvalue weighted by atomic mass is 32.2. The molecule has 1 atom stereocenters. The number of nitrogens with one attached hydrogen (secondary N) is 1. The van der Waals surface area contributed by atoms with Gasteiger partial charge in [-0.1, -0.05) is 18.2 Å². The standard InChI is InChI=1S/C23H17F3N2O3S/c1-12-5-6-14-3-2-4-20(21(14)27-12)32(30)28-22(29)19-11-16-17(23(24,25)26)9-15(13-7-8-13)10-18(16)31-19/h2-6,9-11,13H,7-8H2,1H3,(H,28,29). The molecule has 1 N–H and O–H groups in total. The first-order valence-corrected chi connectivity index (χ1v) is 11.1. The molecule has 1 aliphatic rings. The maximum atomic E-state index is 13.6. The molecule has 2 aromatic carbocycles.